The van der Waals surface area contributed by atoms with Crippen LogP contribution in [0.1, 0.15) is 17.7 Å². The SMILES string of the molecule is O=C(O)C(O)C1(c2ccc(Br)s2)CC1. The van der Waals surface area contributed by atoms with Gasteiger partial charge in [0.15, 0.2) is 6.10 Å². The van der Waals surface area contributed by atoms with Crippen LogP contribution in [0.4, 0.5) is 0 Å². The summed E-state index contributed by atoms with van der Waals surface area (Å²) in [4.78, 5) is 11.7. The monoisotopic (exact) mass is 276 g/mol. The van der Waals surface area contributed by atoms with Gasteiger partial charge in [-0.25, -0.2) is 4.79 Å². The molecule has 1 saturated carbocycles. The van der Waals surface area contributed by atoms with Crippen molar-refractivity contribution in [2.24, 2.45) is 0 Å². The van der Waals surface area contributed by atoms with Crippen molar-refractivity contribution < 1.29 is 15.0 Å². The Balaban J connectivity index is 2.29. The summed E-state index contributed by atoms with van der Waals surface area (Å²) in [6.07, 6.45) is 0.244. The standard InChI is InChI=1S/C9H9BrO3S/c10-6-2-1-5(14-6)9(3-4-9)7(11)8(12)13/h1-2,7,11H,3-4H2,(H,12,13). The van der Waals surface area contributed by atoms with Crippen LogP contribution in [0.3, 0.4) is 0 Å². The molecular formula is C9H9BrO3S. The fraction of sp³-hybridized carbons (Fsp3) is 0.444. The van der Waals surface area contributed by atoms with E-state index in [4.69, 9.17) is 5.11 Å². The van der Waals surface area contributed by atoms with Crippen LogP contribution in [-0.2, 0) is 10.2 Å². The van der Waals surface area contributed by atoms with E-state index in [-0.39, 0.29) is 0 Å². The molecule has 2 N–H and O–H groups in total. The van der Waals surface area contributed by atoms with E-state index in [0.29, 0.717) is 0 Å². The largest absolute Gasteiger partial charge is 0.479 e. The first-order chi connectivity index (χ1) is 6.56. The highest BCUT2D eigenvalue weighted by Gasteiger charge is 2.54. The summed E-state index contributed by atoms with van der Waals surface area (Å²) in [5.74, 6) is -1.13. The normalized spacial score (nSPS) is 20.4. The molecule has 0 aliphatic heterocycles. The molecule has 2 rings (SSSR count). The Morgan fingerprint density at radius 2 is 2.21 bits per heavy atom. The van der Waals surface area contributed by atoms with Crippen LogP contribution < -0.4 is 0 Å². The molecule has 5 heteroatoms. The number of carbonyl (C=O) groups is 1. The van der Waals surface area contributed by atoms with Crippen LogP contribution in [0.25, 0.3) is 0 Å². The summed E-state index contributed by atoms with van der Waals surface area (Å²) in [5.41, 5.74) is -0.511. The molecule has 1 fully saturated rings. The highest BCUT2D eigenvalue weighted by atomic mass is 79.9. The average molecular weight is 277 g/mol. The minimum atomic E-state index is -1.27. The lowest BCUT2D eigenvalue weighted by atomic mass is 9.97. The predicted molar refractivity (Wildman–Crippen MR) is 56.6 cm³/mol. The summed E-state index contributed by atoms with van der Waals surface area (Å²) in [6.45, 7) is 0. The molecule has 1 aromatic heterocycles. The molecule has 3 nitrogen and oxygen atoms in total. The fourth-order valence-corrected chi connectivity index (χ4v) is 3.26. The molecule has 0 amide bonds. The zero-order valence-electron chi connectivity index (χ0n) is 7.24. The number of aliphatic hydroxyl groups excluding tert-OH is 1. The number of carboxylic acids is 1. The smallest absolute Gasteiger partial charge is 0.333 e. The van der Waals surface area contributed by atoms with Crippen molar-refractivity contribution in [1.29, 1.82) is 0 Å². The first kappa shape index (κ1) is 10.1. The number of aliphatic hydroxyl groups is 1. The molecule has 76 valence electrons. The number of halogens is 1. The van der Waals surface area contributed by atoms with Crippen LogP contribution >= 0.6 is 27.3 Å². The van der Waals surface area contributed by atoms with Gasteiger partial charge in [0.1, 0.15) is 0 Å². The molecule has 0 saturated heterocycles. The first-order valence-corrected chi connectivity index (χ1v) is 5.84. The van der Waals surface area contributed by atoms with Gasteiger partial charge in [0.05, 0.1) is 3.79 Å². The highest BCUT2D eigenvalue weighted by molar-refractivity contribution is 9.11. The van der Waals surface area contributed by atoms with Gasteiger partial charge in [-0.3, -0.25) is 0 Å². The van der Waals surface area contributed by atoms with E-state index >= 15 is 0 Å². The maximum atomic E-state index is 10.7. The zero-order valence-corrected chi connectivity index (χ0v) is 9.64. The maximum Gasteiger partial charge on any atom is 0.333 e. The molecule has 0 spiro atoms. The van der Waals surface area contributed by atoms with Gasteiger partial charge in [0.25, 0.3) is 0 Å². The van der Waals surface area contributed by atoms with Gasteiger partial charge >= 0.3 is 5.97 Å². The molecule has 1 aliphatic carbocycles. The van der Waals surface area contributed by atoms with Crippen molar-refractivity contribution in [1.82, 2.24) is 0 Å². The van der Waals surface area contributed by atoms with Crippen LogP contribution in [0.15, 0.2) is 15.9 Å². The number of rotatable bonds is 3. The molecule has 1 aliphatic rings. The molecule has 14 heavy (non-hydrogen) atoms. The van der Waals surface area contributed by atoms with Crippen molar-refractivity contribution in [3.8, 4) is 0 Å². The van der Waals surface area contributed by atoms with E-state index in [9.17, 15) is 9.90 Å². The Kier molecular flexibility index (Phi) is 2.41. The fourth-order valence-electron chi connectivity index (χ4n) is 1.61. The second-order valence-corrected chi connectivity index (χ2v) is 5.96. The third kappa shape index (κ3) is 1.49. The van der Waals surface area contributed by atoms with Crippen LogP contribution in [0.2, 0.25) is 0 Å². The Morgan fingerprint density at radius 3 is 2.57 bits per heavy atom. The van der Waals surface area contributed by atoms with Gasteiger partial charge in [-0.2, -0.15) is 0 Å². The van der Waals surface area contributed by atoms with E-state index in [2.05, 4.69) is 15.9 Å². The first-order valence-electron chi connectivity index (χ1n) is 4.23. The second kappa shape index (κ2) is 3.32. The van der Waals surface area contributed by atoms with E-state index in [0.717, 1.165) is 21.5 Å². The summed E-state index contributed by atoms with van der Waals surface area (Å²) < 4.78 is 0.969. The van der Waals surface area contributed by atoms with Crippen molar-refractivity contribution in [3.63, 3.8) is 0 Å². The molecule has 1 aromatic rings. The molecule has 0 radical (unpaired) electrons. The van der Waals surface area contributed by atoms with E-state index < -0.39 is 17.5 Å². The molecule has 0 aromatic carbocycles. The van der Waals surface area contributed by atoms with Gasteiger partial charge in [-0.1, -0.05) is 0 Å². The summed E-state index contributed by atoms with van der Waals surface area (Å²) in [7, 11) is 0. The summed E-state index contributed by atoms with van der Waals surface area (Å²) in [6, 6.07) is 3.77. The summed E-state index contributed by atoms with van der Waals surface area (Å²) >= 11 is 4.82. The molecule has 0 bridgehead atoms. The van der Waals surface area contributed by atoms with Gasteiger partial charge in [0.2, 0.25) is 0 Å². The van der Waals surface area contributed by atoms with Crippen LogP contribution in [0, 0.1) is 0 Å². The molecule has 1 heterocycles. The topological polar surface area (TPSA) is 57.5 Å². The lowest BCUT2D eigenvalue weighted by Gasteiger charge is -2.16. The Morgan fingerprint density at radius 1 is 1.57 bits per heavy atom. The van der Waals surface area contributed by atoms with Gasteiger partial charge in [0, 0.05) is 10.3 Å². The lowest BCUT2D eigenvalue weighted by molar-refractivity contribution is -0.148. The van der Waals surface area contributed by atoms with E-state index in [1.807, 2.05) is 12.1 Å². The third-order valence-corrected chi connectivity index (χ3v) is 4.45. The van der Waals surface area contributed by atoms with Crippen LogP contribution in [0.5, 0.6) is 0 Å². The minimum Gasteiger partial charge on any atom is -0.479 e. The van der Waals surface area contributed by atoms with Crippen molar-refractivity contribution in [2.75, 3.05) is 0 Å². The number of hydrogen-bond acceptors (Lipinski definition) is 3. The van der Waals surface area contributed by atoms with Gasteiger partial charge in [-0.05, 0) is 40.9 Å². The lowest BCUT2D eigenvalue weighted by Crippen LogP contribution is -2.33. The molecule has 1 unspecified atom stereocenters. The summed E-state index contributed by atoms with van der Waals surface area (Å²) in [5, 5.41) is 18.3. The predicted octanol–water partition coefficient (Wildman–Crippen LogP) is 1.99. The van der Waals surface area contributed by atoms with Gasteiger partial charge in [-0.15, -0.1) is 11.3 Å². The minimum absolute atomic E-state index is 0.511. The van der Waals surface area contributed by atoms with Crippen molar-refractivity contribution in [2.45, 2.75) is 24.4 Å². The Labute approximate surface area is 93.5 Å². The quantitative estimate of drug-likeness (QED) is 0.888. The van der Waals surface area contributed by atoms with Crippen LogP contribution in [-0.4, -0.2) is 22.3 Å². The third-order valence-electron chi connectivity index (χ3n) is 2.61. The van der Waals surface area contributed by atoms with Gasteiger partial charge < -0.3 is 10.2 Å². The second-order valence-electron chi connectivity index (χ2n) is 3.50. The number of thiophene rings is 1. The highest BCUT2D eigenvalue weighted by Crippen LogP contribution is 2.53. The number of hydrogen-bond donors (Lipinski definition) is 2. The number of aliphatic carboxylic acids is 1. The molecular weight excluding hydrogens is 268 g/mol. The average Bonchev–Trinajstić information content (AvgIpc) is 2.83. The van der Waals surface area contributed by atoms with E-state index in [1.54, 1.807) is 0 Å². The zero-order chi connectivity index (χ0) is 10.3. The Hall–Kier alpha value is -0.390. The molecule has 1 atom stereocenters. The number of carboxylic acid groups (broad SMARTS) is 1. The van der Waals surface area contributed by atoms with Crippen molar-refractivity contribution >= 4 is 33.2 Å². The van der Waals surface area contributed by atoms with E-state index in [1.165, 1.54) is 11.3 Å². The Bertz CT molecular complexity index is 370. The van der Waals surface area contributed by atoms with Crippen molar-refractivity contribution in [3.05, 3.63) is 20.8 Å². The maximum absolute atomic E-state index is 10.7.